The van der Waals surface area contributed by atoms with Gasteiger partial charge in [0.2, 0.25) is 11.3 Å². The van der Waals surface area contributed by atoms with Gasteiger partial charge in [-0.3, -0.25) is 19.4 Å². The van der Waals surface area contributed by atoms with Crippen LogP contribution in [0.3, 0.4) is 0 Å². The zero-order chi connectivity index (χ0) is 25.2. The van der Waals surface area contributed by atoms with Crippen molar-refractivity contribution in [1.29, 1.82) is 0 Å². The zero-order valence-electron chi connectivity index (χ0n) is 18.3. The molecule has 0 saturated heterocycles. The first kappa shape index (κ1) is 23.7. The van der Waals surface area contributed by atoms with Crippen LogP contribution in [0.4, 0.5) is 18.9 Å². The van der Waals surface area contributed by atoms with E-state index in [0.717, 1.165) is 12.1 Å². The Morgan fingerprint density at radius 2 is 1.80 bits per heavy atom. The molecule has 0 radical (unpaired) electrons. The number of hydrogen-bond donors (Lipinski definition) is 1. The fourth-order valence-electron chi connectivity index (χ4n) is 3.58. The number of aromatic nitrogens is 2. The summed E-state index contributed by atoms with van der Waals surface area (Å²) in [6, 6.07) is 11.8. The minimum Gasteiger partial charge on any atom is -0.497 e. The Labute approximate surface area is 196 Å². The Morgan fingerprint density at radius 1 is 1.06 bits per heavy atom. The van der Waals surface area contributed by atoms with Crippen LogP contribution in [-0.4, -0.2) is 28.4 Å². The molecule has 4 rings (SSSR count). The lowest BCUT2D eigenvalue weighted by Crippen LogP contribution is -2.24. The minimum absolute atomic E-state index is 0.0371. The Morgan fingerprint density at radius 3 is 2.49 bits per heavy atom. The van der Waals surface area contributed by atoms with Crippen molar-refractivity contribution in [2.24, 2.45) is 0 Å². The normalized spacial score (nSPS) is 11.3. The average molecular weight is 481 g/mol. The number of fused-ring (bicyclic) bond motifs is 1. The van der Waals surface area contributed by atoms with Crippen molar-refractivity contribution < 1.29 is 27.5 Å². The number of benzene rings is 2. The molecule has 2 aromatic carbocycles. The summed E-state index contributed by atoms with van der Waals surface area (Å²) in [5.74, 6) is -0.829. The summed E-state index contributed by atoms with van der Waals surface area (Å²) in [5, 5.41) is 2.58. The van der Waals surface area contributed by atoms with Crippen LogP contribution < -0.4 is 15.5 Å². The molecule has 0 aliphatic heterocycles. The van der Waals surface area contributed by atoms with Crippen LogP contribution in [0.2, 0.25) is 0 Å². The molecule has 0 spiro atoms. The largest absolute Gasteiger partial charge is 0.497 e. The van der Waals surface area contributed by atoms with Gasteiger partial charge >= 0.3 is 6.18 Å². The van der Waals surface area contributed by atoms with E-state index in [9.17, 15) is 27.6 Å². The maximum Gasteiger partial charge on any atom is 0.416 e. The molecule has 0 atom stereocenters. The van der Waals surface area contributed by atoms with Gasteiger partial charge in [0.15, 0.2) is 5.78 Å². The van der Waals surface area contributed by atoms with E-state index in [1.807, 2.05) is 0 Å². The molecule has 0 unspecified atom stereocenters. The van der Waals surface area contributed by atoms with Gasteiger partial charge in [-0.15, -0.1) is 0 Å². The number of anilines is 1. The van der Waals surface area contributed by atoms with E-state index in [0.29, 0.717) is 11.3 Å². The summed E-state index contributed by atoms with van der Waals surface area (Å²) in [6.07, 6.45) is -0.459. The molecule has 35 heavy (non-hydrogen) atoms. The van der Waals surface area contributed by atoms with Crippen molar-refractivity contribution in [3.63, 3.8) is 0 Å². The number of halogens is 3. The highest BCUT2D eigenvalue weighted by Crippen LogP contribution is 2.30. The number of rotatable bonds is 6. The average Bonchev–Trinajstić information content (AvgIpc) is 2.85. The van der Waals surface area contributed by atoms with Crippen LogP contribution in [0.15, 0.2) is 78.0 Å². The fourth-order valence-corrected chi connectivity index (χ4v) is 3.58. The molecule has 2 aromatic heterocycles. The van der Waals surface area contributed by atoms with Gasteiger partial charge in [0, 0.05) is 29.8 Å². The lowest BCUT2D eigenvalue weighted by Gasteiger charge is -2.15. The van der Waals surface area contributed by atoms with Crippen molar-refractivity contribution >= 4 is 28.3 Å². The third-order valence-electron chi connectivity index (χ3n) is 5.26. The minimum atomic E-state index is -4.56. The molecule has 2 heterocycles. The number of ketones is 1. The lowest BCUT2D eigenvalue weighted by molar-refractivity contribution is -0.137. The molecule has 1 amide bonds. The summed E-state index contributed by atoms with van der Waals surface area (Å²) >= 11 is 0. The van der Waals surface area contributed by atoms with Gasteiger partial charge in [0.1, 0.15) is 12.3 Å². The first-order chi connectivity index (χ1) is 16.7. The van der Waals surface area contributed by atoms with Crippen LogP contribution in [0, 0.1) is 0 Å². The highest BCUT2D eigenvalue weighted by atomic mass is 19.4. The van der Waals surface area contributed by atoms with Crippen molar-refractivity contribution in [2.75, 3.05) is 12.4 Å². The van der Waals surface area contributed by atoms with Crippen molar-refractivity contribution in [2.45, 2.75) is 12.7 Å². The van der Waals surface area contributed by atoms with Gasteiger partial charge in [0.25, 0.3) is 0 Å². The molecule has 0 saturated carbocycles. The number of amides is 1. The van der Waals surface area contributed by atoms with Crippen LogP contribution in [0.1, 0.15) is 21.5 Å². The third kappa shape index (κ3) is 5.06. The number of carbonyl (C=O) groups excluding carboxylic acids is 2. The van der Waals surface area contributed by atoms with E-state index in [-0.39, 0.29) is 28.7 Å². The van der Waals surface area contributed by atoms with Gasteiger partial charge in [-0.1, -0.05) is 6.07 Å². The number of alkyl halides is 3. The molecule has 4 aromatic rings. The Hall–Kier alpha value is -4.47. The molecule has 0 aliphatic rings. The van der Waals surface area contributed by atoms with E-state index >= 15 is 0 Å². The maximum absolute atomic E-state index is 13.2. The van der Waals surface area contributed by atoms with E-state index in [4.69, 9.17) is 4.74 Å². The monoisotopic (exact) mass is 481 g/mol. The zero-order valence-corrected chi connectivity index (χ0v) is 18.3. The Balaban J connectivity index is 1.74. The highest BCUT2D eigenvalue weighted by Gasteiger charge is 2.30. The van der Waals surface area contributed by atoms with Crippen LogP contribution in [0.5, 0.6) is 5.75 Å². The first-order valence-corrected chi connectivity index (χ1v) is 10.3. The second kappa shape index (κ2) is 9.41. The second-order valence-electron chi connectivity index (χ2n) is 7.57. The molecule has 0 bridgehead atoms. The Bertz CT molecular complexity index is 1480. The Kier molecular flexibility index (Phi) is 6.37. The summed E-state index contributed by atoms with van der Waals surface area (Å²) in [4.78, 5) is 42.8. The smallest absolute Gasteiger partial charge is 0.416 e. The number of nitrogens with one attached hydrogen (secondary N) is 1. The number of ether oxygens (including phenoxy) is 1. The maximum atomic E-state index is 13.2. The molecule has 1 N–H and O–H groups in total. The van der Waals surface area contributed by atoms with Gasteiger partial charge in [-0.2, -0.15) is 13.2 Å². The molecule has 7 nitrogen and oxygen atoms in total. The fraction of sp³-hybridized carbons (Fsp3) is 0.120. The second-order valence-corrected chi connectivity index (χ2v) is 7.57. The van der Waals surface area contributed by atoms with E-state index in [1.165, 1.54) is 60.6 Å². The molecular weight excluding hydrogens is 463 g/mol. The van der Waals surface area contributed by atoms with Gasteiger partial charge in [0.05, 0.1) is 29.1 Å². The number of hydrogen-bond acceptors (Lipinski definition) is 5. The summed E-state index contributed by atoms with van der Waals surface area (Å²) in [7, 11) is 1.42. The van der Waals surface area contributed by atoms with Crippen LogP contribution >= 0.6 is 0 Å². The number of nitrogens with zero attached hydrogens (tertiary/aromatic N) is 2. The summed E-state index contributed by atoms with van der Waals surface area (Å²) < 4.78 is 45.6. The lowest BCUT2D eigenvalue weighted by atomic mass is 10.0. The molecule has 178 valence electrons. The standard InChI is InChI=1S/C25H18F3N3O4/c1-35-18-5-6-21-19(12-18)24(34)20(23(33)15-7-9-29-10-8-15)13-31(21)14-22(32)30-17-4-2-3-16(11-17)25(26,27)28/h2-13H,14H2,1H3,(H,30,32). The van der Waals surface area contributed by atoms with Gasteiger partial charge in [-0.25, -0.2) is 0 Å². The predicted octanol–water partition coefficient (Wildman–Crippen LogP) is 4.29. The third-order valence-corrected chi connectivity index (χ3v) is 5.26. The SMILES string of the molecule is COc1ccc2c(c1)c(=O)c(C(=O)c1ccncc1)cn2CC(=O)Nc1cccc(C(F)(F)F)c1. The number of methoxy groups -OCH3 is 1. The van der Waals surface area contributed by atoms with Gasteiger partial charge < -0.3 is 14.6 Å². The molecule has 10 heteroatoms. The first-order valence-electron chi connectivity index (χ1n) is 10.3. The van der Waals surface area contributed by atoms with E-state index in [1.54, 1.807) is 12.1 Å². The van der Waals surface area contributed by atoms with Crippen molar-refractivity contribution in [1.82, 2.24) is 9.55 Å². The van der Waals surface area contributed by atoms with Gasteiger partial charge in [-0.05, 0) is 48.5 Å². The van der Waals surface area contributed by atoms with Crippen molar-refractivity contribution in [3.05, 3.63) is 100 Å². The highest BCUT2D eigenvalue weighted by molar-refractivity contribution is 6.10. The van der Waals surface area contributed by atoms with Crippen LogP contribution in [0.25, 0.3) is 10.9 Å². The number of pyridine rings is 2. The van der Waals surface area contributed by atoms with E-state index < -0.39 is 28.9 Å². The van der Waals surface area contributed by atoms with Crippen LogP contribution in [-0.2, 0) is 17.5 Å². The van der Waals surface area contributed by atoms with E-state index in [2.05, 4.69) is 10.3 Å². The quantitative estimate of drug-likeness (QED) is 0.415. The number of carbonyl (C=O) groups is 2. The predicted molar refractivity (Wildman–Crippen MR) is 123 cm³/mol. The molecular formula is C25H18F3N3O4. The summed E-state index contributed by atoms with van der Waals surface area (Å²) in [6.45, 7) is -0.365. The molecule has 0 aliphatic carbocycles. The van der Waals surface area contributed by atoms with Crippen molar-refractivity contribution in [3.8, 4) is 5.75 Å². The topological polar surface area (TPSA) is 90.3 Å². The summed E-state index contributed by atoms with van der Waals surface area (Å²) in [5.41, 5.74) is -1.08. The molecule has 0 fully saturated rings.